The number of thiazole rings is 1. The van der Waals surface area contributed by atoms with Crippen LogP contribution in [0, 0.1) is 20.2 Å². The van der Waals surface area contributed by atoms with Crippen molar-refractivity contribution in [2.75, 3.05) is 0 Å². The van der Waals surface area contributed by atoms with E-state index in [1.807, 2.05) is 0 Å². The Morgan fingerprint density at radius 2 is 1.88 bits per heavy atom. The summed E-state index contributed by atoms with van der Waals surface area (Å²) in [6, 6.07) is 11.7. The molecular formula is C21H13ClN6O5S. The van der Waals surface area contributed by atoms with Crippen LogP contribution in [0.15, 0.2) is 76.4 Å². The van der Waals surface area contributed by atoms with Gasteiger partial charge in [0.05, 0.1) is 33.6 Å². The lowest BCUT2D eigenvalue weighted by molar-refractivity contribution is -0.385. The van der Waals surface area contributed by atoms with Gasteiger partial charge < -0.3 is 5.11 Å². The third-order valence-electron chi connectivity index (χ3n) is 4.52. The maximum atomic E-state index is 11.2. The van der Waals surface area contributed by atoms with Gasteiger partial charge in [0.15, 0.2) is 0 Å². The molecule has 0 aliphatic carbocycles. The number of hydrogen-bond acceptors (Lipinski definition) is 9. The van der Waals surface area contributed by atoms with Crippen LogP contribution >= 0.6 is 22.9 Å². The molecule has 0 aliphatic heterocycles. The predicted molar refractivity (Wildman–Crippen MR) is 127 cm³/mol. The summed E-state index contributed by atoms with van der Waals surface area (Å²) in [6.07, 6.45) is 4.39. The fourth-order valence-corrected chi connectivity index (χ4v) is 4.01. The standard InChI is InChI=1S/C21H13ClN6O5S/c22-15-8-14(20(29)18(9-15)28(32)33)10-24-26-19(13-3-5-17(6-4-13)27(30)31)12-34-21(26)25-16-2-1-7-23-11-16/h1-12,29H. The summed E-state index contributed by atoms with van der Waals surface area (Å²) >= 11 is 7.22. The molecule has 34 heavy (non-hydrogen) atoms. The molecule has 0 spiro atoms. The van der Waals surface area contributed by atoms with E-state index in [1.165, 1.54) is 40.4 Å². The number of halogens is 1. The van der Waals surface area contributed by atoms with E-state index in [1.54, 1.807) is 42.0 Å². The lowest BCUT2D eigenvalue weighted by atomic mass is 10.1. The number of phenolic OH excluding ortho intramolecular Hbond substituents is 1. The molecule has 170 valence electrons. The fraction of sp³-hybridized carbons (Fsp3) is 0. The van der Waals surface area contributed by atoms with E-state index in [9.17, 15) is 25.3 Å². The van der Waals surface area contributed by atoms with E-state index in [4.69, 9.17) is 11.6 Å². The van der Waals surface area contributed by atoms with Crippen molar-refractivity contribution in [2.45, 2.75) is 0 Å². The SMILES string of the molecule is O=[N+]([O-])c1ccc(-c2csc(=Nc3cccnc3)n2N=Cc2cc(Cl)cc([N+](=O)[O-])c2O)cc1. The van der Waals surface area contributed by atoms with Gasteiger partial charge >= 0.3 is 5.69 Å². The van der Waals surface area contributed by atoms with Gasteiger partial charge in [-0.1, -0.05) is 11.6 Å². The number of benzene rings is 2. The van der Waals surface area contributed by atoms with Crippen LogP contribution in [0.2, 0.25) is 5.02 Å². The Morgan fingerprint density at radius 3 is 2.53 bits per heavy atom. The molecule has 0 fully saturated rings. The van der Waals surface area contributed by atoms with E-state index < -0.39 is 21.3 Å². The first-order valence-corrected chi connectivity index (χ1v) is 10.7. The molecule has 0 radical (unpaired) electrons. The third kappa shape index (κ3) is 4.82. The molecule has 4 rings (SSSR count). The van der Waals surface area contributed by atoms with Crippen LogP contribution in [0.1, 0.15) is 5.56 Å². The van der Waals surface area contributed by atoms with Crippen LogP contribution in [0.25, 0.3) is 11.3 Å². The van der Waals surface area contributed by atoms with Gasteiger partial charge in [0, 0.05) is 45.9 Å². The minimum atomic E-state index is -0.748. The highest BCUT2D eigenvalue weighted by molar-refractivity contribution is 7.07. The number of hydrogen-bond donors (Lipinski definition) is 1. The first-order valence-electron chi connectivity index (χ1n) is 9.45. The van der Waals surface area contributed by atoms with Crippen molar-refractivity contribution in [1.82, 2.24) is 9.66 Å². The number of rotatable bonds is 6. The van der Waals surface area contributed by atoms with Gasteiger partial charge in [-0.3, -0.25) is 25.2 Å². The molecule has 11 nitrogen and oxygen atoms in total. The molecule has 0 amide bonds. The number of aromatic hydroxyl groups is 1. The maximum Gasteiger partial charge on any atom is 0.312 e. The number of nitro benzene ring substituents is 2. The van der Waals surface area contributed by atoms with Crippen molar-refractivity contribution in [3.63, 3.8) is 0 Å². The molecule has 2 heterocycles. The number of pyridine rings is 1. The molecule has 13 heteroatoms. The zero-order chi connectivity index (χ0) is 24.2. The summed E-state index contributed by atoms with van der Waals surface area (Å²) in [5, 5.41) is 38.7. The van der Waals surface area contributed by atoms with Crippen molar-refractivity contribution in [3.05, 3.63) is 102 Å². The highest BCUT2D eigenvalue weighted by atomic mass is 35.5. The van der Waals surface area contributed by atoms with Crippen LogP contribution in [0.4, 0.5) is 17.1 Å². The largest absolute Gasteiger partial charge is 0.502 e. The number of nitrogens with zero attached hydrogens (tertiary/aromatic N) is 6. The lowest BCUT2D eigenvalue weighted by Gasteiger charge is -2.05. The molecule has 1 N–H and O–H groups in total. The molecule has 0 saturated heterocycles. The Balaban J connectivity index is 1.86. The third-order valence-corrected chi connectivity index (χ3v) is 5.56. The molecule has 4 aromatic rings. The number of aromatic nitrogens is 2. The summed E-state index contributed by atoms with van der Waals surface area (Å²) < 4.78 is 1.45. The van der Waals surface area contributed by atoms with E-state index in [-0.39, 0.29) is 16.3 Å². The van der Waals surface area contributed by atoms with Crippen LogP contribution in [-0.4, -0.2) is 30.8 Å². The van der Waals surface area contributed by atoms with E-state index in [2.05, 4.69) is 15.1 Å². The van der Waals surface area contributed by atoms with Crippen LogP contribution in [0.3, 0.4) is 0 Å². The van der Waals surface area contributed by atoms with Gasteiger partial charge in [-0.15, -0.1) is 11.3 Å². The Bertz CT molecular complexity index is 1480. The summed E-state index contributed by atoms with van der Waals surface area (Å²) in [5.74, 6) is -0.586. The van der Waals surface area contributed by atoms with Crippen molar-refractivity contribution >= 4 is 46.2 Å². The average molecular weight is 497 g/mol. The van der Waals surface area contributed by atoms with Gasteiger partial charge in [0.25, 0.3) is 5.69 Å². The Hall–Kier alpha value is -4.42. The molecule has 0 aliphatic rings. The minimum Gasteiger partial charge on any atom is -0.502 e. The Morgan fingerprint density at radius 1 is 1.12 bits per heavy atom. The quantitative estimate of drug-likeness (QED) is 0.228. The topological polar surface area (TPSA) is 149 Å². The summed E-state index contributed by atoms with van der Waals surface area (Å²) in [4.78, 5) is 29.9. The highest BCUT2D eigenvalue weighted by Crippen LogP contribution is 2.32. The van der Waals surface area contributed by atoms with Crippen LogP contribution < -0.4 is 4.80 Å². The molecule has 0 unspecified atom stereocenters. The smallest absolute Gasteiger partial charge is 0.312 e. The molecular weight excluding hydrogens is 484 g/mol. The van der Waals surface area contributed by atoms with Crippen molar-refractivity contribution in [2.24, 2.45) is 10.1 Å². The van der Waals surface area contributed by atoms with Crippen molar-refractivity contribution in [1.29, 1.82) is 0 Å². The fourth-order valence-electron chi connectivity index (χ4n) is 2.93. The number of phenols is 1. The summed E-state index contributed by atoms with van der Waals surface area (Å²) in [7, 11) is 0. The second-order valence-corrected chi connectivity index (χ2v) is 7.98. The van der Waals surface area contributed by atoms with Gasteiger partial charge in [-0.25, -0.2) is 9.67 Å². The van der Waals surface area contributed by atoms with Gasteiger partial charge in [0.2, 0.25) is 10.6 Å². The summed E-state index contributed by atoms with van der Waals surface area (Å²) in [6.45, 7) is 0. The van der Waals surface area contributed by atoms with Crippen LogP contribution in [0.5, 0.6) is 5.75 Å². The first-order chi connectivity index (χ1) is 16.3. The molecule has 0 atom stereocenters. The number of non-ortho nitro benzene ring substituents is 1. The van der Waals surface area contributed by atoms with E-state index in [0.29, 0.717) is 21.7 Å². The van der Waals surface area contributed by atoms with Gasteiger partial charge in [-0.2, -0.15) is 5.10 Å². The second kappa shape index (κ2) is 9.60. The molecule has 2 aromatic carbocycles. The first kappa shape index (κ1) is 22.8. The lowest BCUT2D eigenvalue weighted by Crippen LogP contribution is -2.11. The van der Waals surface area contributed by atoms with Crippen LogP contribution in [-0.2, 0) is 0 Å². The number of nitro groups is 2. The average Bonchev–Trinajstić information content (AvgIpc) is 3.22. The zero-order valence-electron chi connectivity index (χ0n) is 17.0. The van der Waals surface area contributed by atoms with E-state index >= 15 is 0 Å². The Labute approximate surface area is 199 Å². The monoisotopic (exact) mass is 496 g/mol. The molecule has 2 aromatic heterocycles. The molecule has 0 saturated carbocycles. The maximum absolute atomic E-state index is 11.2. The highest BCUT2D eigenvalue weighted by Gasteiger charge is 2.18. The molecule has 0 bridgehead atoms. The Kier molecular flexibility index (Phi) is 6.43. The second-order valence-electron chi connectivity index (χ2n) is 6.71. The summed E-state index contributed by atoms with van der Waals surface area (Å²) in [5.41, 5.74) is 1.14. The van der Waals surface area contributed by atoms with Gasteiger partial charge in [0.1, 0.15) is 0 Å². The minimum absolute atomic E-state index is 0.0277. The zero-order valence-corrected chi connectivity index (χ0v) is 18.6. The van der Waals surface area contributed by atoms with Crippen molar-refractivity contribution < 1.29 is 15.0 Å². The van der Waals surface area contributed by atoms with E-state index in [0.717, 1.165) is 6.07 Å². The van der Waals surface area contributed by atoms with Crippen molar-refractivity contribution in [3.8, 4) is 17.0 Å². The van der Waals surface area contributed by atoms with Gasteiger partial charge in [-0.05, 0) is 30.3 Å². The predicted octanol–water partition coefficient (Wildman–Crippen LogP) is 4.90. The normalized spacial score (nSPS) is 11.7.